The first kappa shape index (κ1) is 14.1. The molecular formula is C15H23NO3. The second-order valence-electron chi connectivity index (χ2n) is 5.49. The maximum atomic E-state index is 10.9. The number of carbonyl (C=O) groups is 1. The SMILES string of the molecule is CCC1CCC(NCc2cc(C(=O)O)c(C)o2)CC1. The van der Waals surface area contributed by atoms with Crippen molar-refractivity contribution in [2.24, 2.45) is 5.92 Å². The highest BCUT2D eigenvalue weighted by molar-refractivity contribution is 5.88. The van der Waals surface area contributed by atoms with Gasteiger partial charge < -0.3 is 14.8 Å². The van der Waals surface area contributed by atoms with Gasteiger partial charge >= 0.3 is 5.97 Å². The Kier molecular flexibility index (Phi) is 4.64. The number of hydrogen-bond acceptors (Lipinski definition) is 3. The average Bonchev–Trinajstić information content (AvgIpc) is 2.78. The molecule has 0 saturated heterocycles. The molecule has 0 radical (unpaired) electrons. The zero-order valence-corrected chi connectivity index (χ0v) is 11.7. The Hall–Kier alpha value is -1.29. The van der Waals surface area contributed by atoms with Gasteiger partial charge in [0.05, 0.1) is 6.54 Å². The van der Waals surface area contributed by atoms with E-state index in [0.29, 0.717) is 24.1 Å². The maximum absolute atomic E-state index is 10.9. The summed E-state index contributed by atoms with van der Waals surface area (Å²) >= 11 is 0. The molecule has 0 spiro atoms. The monoisotopic (exact) mass is 265 g/mol. The number of nitrogens with one attached hydrogen (secondary N) is 1. The number of hydrogen-bond donors (Lipinski definition) is 2. The van der Waals surface area contributed by atoms with Gasteiger partial charge in [0, 0.05) is 6.04 Å². The number of carboxylic acids is 1. The van der Waals surface area contributed by atoms with Crippen LogP contribution in [0.2, 0.25) is 0 Å². The van der Waals surface area contributed by atoms with Crippen LogP contribution in [0.1, 0.15) is 60.9 Å². The lowest BCUT2D eigenvalue weighted by atomic mass is 9.84. The molecular weight excluding hydrogens is 242 g/mol. The second-order valence-corrected chi connectivity index (χ2v) is 5.49. The van der Waals surface area contributed by atoms with Crippen molar-refractivity contribution in [2.75, 3.05) is 0 Å². The van der Waals surface area contributed by atoms with Crippen LogP contribution in [0.3, 0.4) is 0 Å². The zero-order chi connectivity index (χ0) is 13.8. The quantitative estimate of drug-likeness (QED) is 0.857. The molecule has 2 N–H and O–H groups in total. The first-order chi connectivity index (χ1) is 9.10. The maximum Gasteiger partial charge on any atom is 0.339 e. The molecule has 1 aliphatic rings. The minimum atomic E-state index is -0.920. The molecule has 1 fully saturated rings. The summed E-state index contributed by atoms with van der Waals surface area (Å²) in [6, 6.07) is 2.17. The third-order valence-electron chi connectivity index (χ3n) is 4.19. The summed E-state index contributed by atoms with van der Waals surface area (Å²) in [6.45, 7) is 4.58. The number of rotatable bonds is 5. The molecule has 0 atom stereocenters. The van der Waals surface area contributed by atoms with Gasteiger partial charge in [-0.25, -0.2) is 4.79 Å². The Morgan fingerprint density at radius 2 is 2.11 bits per heavy atom. The molecule has 0 aromatic carbocycles. The largest absolute Gasteiger partial charge is 0.478 e. The Morgan fingerprint density at radius 1 is 1.42 bits per heavy atom. The predicted molar refractivity (Wildman–Crippen MR) is 73.3 cm³/mol. The van der Waals surface area contributed by atoms with Crippen molar-refractivity contribution in [1.29, 1.82) is 0 Å². The molecule has 4 heteroatoms. The van der Waals surface area contributed by atoms with E-state index in [2.05, 4.69) is 12.2 Å². The fourth-order valence-electron chi connectivity index (χ4n) is 2.86. The summed E-state index contributed by atoms with van der Waals surface area (Å²) in [5, 5.41) is 12.4. The van der Waals surface area contributed by atoms with Crippen LogP contribution in [-0.2, 0) is 6.54 Å². The van der Waals surface area contributed by atoms with Gasteiger partial charge in [0.25, 0.3) is 0 Å². The van der Waals surface area contributed by atoms with Crippen LogP contribution < -0.4 is 5.32 Å². The predicted octanol–water partition coefficient (Wildman–Crippen LogP) is 3.34. The Morgan fingerprint density at radius 3 is 2.63 bits per heavy atom. The van der Waals surface area contributed by atoms with Crippen molar-refractivity contribution in [3.05, 3.63) is 23.2 Å². The topological polar surface area (TPSA) is 62.5 Å². The van der Waals surface area contributed by atoms with E-state index in [4.69, 9.17) is 9.52 Å². The molecule has 4 nitrogen and oxygen atoms in total. The summed E-state index contributed by atoms with van der Waals surface area (Å²) < 4.78 is 5.47. The lowest BCUT2D eigenvalue weighted by Crippen LogP contribution is -2.32. The van der Waals surface area contributed by atoms with E-state index in [1.807, 2.05) is 0 Å². The number of aromatic carboxylic acids is 1. The minimum Gasteiger partial charge on any atom is -0.478 e. The van der Waals surface area contributed by atoms with Crippen molar-refractivity contribution in [1.82, 2.24) is 5.32 Å². The highest BCUT2D eigenvalue weighted by atomic mass is 16.4. The van der Waals surface area contributed by atoms with Crippen molar-refractivity contribution in [3.63, 3.8) is 0 Å². The Balaban J connectivity index is 1.83. The second kappa shape index (κ2) is 6.24. The van der Waals surface area contributed by atoms with Crippen molar-refractivity contribution < 1.29 is 14.3 Å². The van der Waals surface area contributed by atoms with E-state index in [-0.39, 0.29) is 5.56 Å². The highest BCUT2D eigenvalue weighted by Crippen LogP contribution is 2.26. The summed E-state index contributed by atoms with van der Waals surface area (Å²) in [5.41, 5.74) is 0.270. The Bertz CT molecular complexity index is 431. The molecule has 1 aromatic heterocycles. The summed E-state index contributed by atoms with van der Waals surface area (Å²) in [7, 11) is 0. The van der Waals surface area contributed by atoms with E-state index in [9.17, 15) is 4.79 Å². The fourth-order valence-corrected chi connectivity index (χ4v) is 2.86. The van der Waals surface area contributed by atoms with Gasteiger partial charge in [0.2, 0.25) is 0 Å². The van der Waals surface area contributed by atoms with Crippen LogP contribution in [0.15, 0.2) is 10.5 Å². The molecule has 1 saturated carbocycles. The molecule has 1 heterocycles. The number of furan rings is 1. The van der Waals surface area contributed by atoms with Crippen LogP contribution in [-0.4, -0.2) is 17.1 Å². The molecule has 2 rings (SSSR count). The first-order valence-corrected chi connectivity index (χ1v) is 7.16. The minimum absolute atomic E-state index is 0.270. The third-order valence-corrected chi connectivity index (χ3v) is 4.19. The van der Waals surface area contributed by atoms with E-state index < -0.39 is 5.97 Å². The number of aryl methyl sites for hydroxylation is 1. The first-order valence-electron chi connectivity index (χ1n) is 7.16. The summed E-state index contributed by atoms with van der Waals surface area (Å²) in [6.07, 6.45) is 6.30. The van der Waals surface area contributed by atoms with E-state index in [0.717, 1.165) is 5.92 Å². The van der Waals surface area contributed by atoms with E-state index in [1.165, 1.54) is 32.1 Å². The van der Waals surface area contributed by atoms with Crippen LogP contribution in [0.5, 0.6) is 0 Å². The molecule has 106 valence electrons. The van der Waals surface area contributed by atoms with E-state index >= 15 is 0 Å². The van der Waals surface area contributed by atoms with Crippen molar-refractivity contribution in [3.8, 4) is 0 Å². The van der Waals surface area contributed by atoms with Gasteiger partial charge in [-0.2, -0.15) is 0 Å². The standard InChI is InChI=1S/C15H23NO3/c1-3-11-4-6-12(7-5-11)16-9-13-8-14(15(17)18)10(2)19-13/h8,11-12,16H,3-7,9H2,1-2H3,(H,17,18). The lowest BCUT2D eigenvalue weighted by molar-refractivity contribution is 0.0695. The summed E-state index contributed by atoms with van der Waals surface area (Å²) in [4.78, 5) is 10.9. The van der Waals surface area contributed by atoms with Crippen LogP contribution in [0, 0.1) is 12.8 Å². The molecule has 0 unspecified atom stereocenters. The van der Waals surface area contributed by atoms with Crippen molar-refractivity contribution >= 4 is 5.97 Å². The number of carboxylic acid groups (broad SMARTS) is 1. The van der Waals surface area contributed by atoms with Crippen molar-refractivity contribution in [2.45, 2.75) is 58.5 Å². The van der Waals surface area contributed by atoms with E-state index in [1.54, 1.807) is 13.0 Å². The molecule has 1 aliphatic carbocycles. The van der Waals surface area contributed by atoms with Gasteiger partial charge in [-0.1, -0.05) is 13.3 Å². The third kappa shape index (κ3) is 3.60. The molecule has 0 bridgehead atoms. The van der Waals surface area contributed by atoms with Crippen LogP contribution >= 0.6 is 0 Å². The molecule has 0 aliphatic heterocycles. The molecule has 1 aromatic rings. The normalized spacial score (nSPS) is 23.5. The Labute approximate surface area is 114 Å². The van der Waals surface area contributed by atoms with Gasteiger partial charge in [0.15, 0.2) is 0 Å². The van der Waals surface area contributed by atoms with Gasteiger partial charge in [-0.15, -0.1) is 0 Å². The molecule has 0 amide bonds. The van der Waals surface area contributed by atoms with Gasteiger partial charge in [-0.05, 0) is 44.6 Å². The summed E-state index contributed by atoms with van der Waals surface area (Å²) in [5.74, 6) is 1.17. The highest BCUT2D eigenvalue weighted by Gasteiger charge is 2.20. The zero-order valence-electron chi connectivity index (χ0n) is 11.7. The van der Waals surface area contributed by atoms with Crippen LogP contribution in [0.4, 0.5) is 0 Å². The van der Waals surface area contributed by atoms with Gasteiger partial charge in [-0.3, -0.25) is 0 Å². The average molecular weight is 265 g/mol. The smallest absolute Gasteiger partial charge is 0.339 e. The molecule has 19 heavy (non-hydrogen) atoms. The lowest BCUT2D eigenvalue weighted by Gasteiger charge is -2.28. The van der Waals surface area contributed by atoms with Crippen LogP contribution in [0.25, 0.3) is 0 Å². The fraction of sp³-hybridized carbons (Fsp3) is 0.667. The van der Waals surface area contributed by atoms with Gasteiger partial charge in [0.1, 0.15) is 17.1 Å².